The molecule has 7 heteroatoms. The SMILES string of the molecule is c1ccc(-c2nc(-c3cnccn3)no2)c(OC2CCNC2)c1. The molecule has 1 unspecified atom stereocenters. The molecule has 0 spiro atoms. The van der Waals surface area contributed by atoms with Crippen LogP contribution in [0, 0.1) is 0 Å². The fraction of sp³-hybridized carbons (Fsp3) is 0.250. The van der Waals surface area contributed by atoms with Crippen molar-refractivity contribution in [3.63, 3.8) is 0 Å². The number of nitrogens with one attached hydrogen (secondary N) is 1. The Morgan fingerprint density at radius 3 is 3.00 bits per heavy atom. The second-order valence-electron chi connectivity index (χ2n) is 5.24. The van der Waals surface area contributed by atoms with Crippen LogP contribution in [0.4, 0.5) is 0 Å². The molecule has 2 aromatic heterocycles. The molecule has 4 rings (SSSR count). The molecule has 0 bridgehead atoms. The van der Waals surface area contributed by atoms with Crippen molar-refractivity contribution >= 4 is 0 Å². The minimum absolute atomic E-state index is 0.165. The molecule has 116 valence electrons. The lowest BCUT2D eigenvalue weighted by atomic mass is 10.2. The van der Waals surface area contributed by atoms with Gasteiger partial charge in [-0.2, -0.15) is 4.98 Å². The van der Waals surface area contributed by atoms with Crippen LogP contribution >= 0.6 is 0 Å². The molecule has 0 saturated carbocycles. The molecule has 23 heavy (non-hydrogen) atoms. The predicted molar refractivity (Wildman–Crippen MR) is 82.7 cm³/mol. The van der Waals surface area contributed by atoms with Gasteiger partial charge in [-0.25, -0.2) is 4.98 Å². The van der Waals surface area contributed by atoms with Crippen molar-refractivity contribution in [1.82, 2.24) is 25.4 Å². The van der Waals surface area contributed by atoms with E-state index in [2.05, 4.69) is 25.4 Å². The van der Waals surface area contributed by atoms with E-state index in [1.165, 1.54) is 0 Å². The van der Waals surface area contributed by atoms with E-state index in [4.69, 9.17) is 9.26 Å². The molecule has 3 aromatic rings. The van der Waals surface area contributed by atoms with Crippen LogP contribution in [0.5, 0.6) is 5.75 Å². The van der Waals surface area contributed by atoms with E-state index in [1.54, 1.807) is 18.6 Å². The molecular formula is C16H15N5O2. The fourth-order valence-corrected chi connectivity index (χ4v) is 2.51. The Bertz CT molecular complexity index is 784. The van der Waals surface area contributed by atoms with E-state index in [9.17, 15) is 0 Å². The Kier molecular flexibility index (Phi) is 3.69. The van der Waals surface area contributed by atoms with Crippen molar-refractivity contribution in [2.75, 3.05) is 13.1 Å². The van der Waals surface area contributed by atoms with Gasteiger partial charge < -0.3 is 14.6 Å². The quantitative estimate of drug-likeness (QED) is 0.788. The van der Waals surface area contributed by atoms with Crippen LogP contribution in [-0.4, -0.2) is 39.3 Å². The summed E-state index contributed by atoms with van der Waals surface area (Å²) in [6.07, 6.45) is 5.95. The van der Waals surface area contributed by atoms with E-state index in [0.29, 0.717) is 17.4 Å². The number of aromatic nitrogens is 4. The second kappa shape index (κ2) is 6.13. The van der Waals surface area contributed by atoms with Crippen molar-refractivity contribution in [2.24, 2.45) is 0 Å². The van der Waals surface area contributed by atoms with Gasteiger partial charge >= 0.3 is 0 Å². The third-order valence-corrected chi connectivity index (χ3v) is 3.64. The third-order valence-electron chi connectivity index (χ3n) is 3.64. The van der Waals surface area contributed by atoms with E-state index >= 15 is 0 Å². The van der Waals surface area contributed by atoms with Crippen LogP contribution in [0.2, 0.25) is 0 Å². The predicted octanol–water partition coefficient (Wildman–Crippen LogP) is 1.93. The maximum absolute atomic E-state index is 6.06. The van der Waals surface area contributed by atoms with Gasteiger partial charge in [0.25, 0.3) is 5.89 Å². The maximum Gasteiger partial charge on any atom is 0.262 e. The van der Waals surface area contributed by atoms with Gasteiger partial charge in [0.05, 0.1) is 11.8 Å². The van der Waals surface area contributed by atoms with E-state index < -0.39 is 0 Å². The molecule has 1 N–H and O–H groups in total. The van der Waals surface area contributed by atoms with Gasteiger partial charge in [-0.3, -0.25) is 4.98 Å². The number of rotatable bonds is 4. The second-order valence-corrected chi connectivity index (χ2v) is 5.24. The summed E-state index contributed by atoms with van der Waals surface area (Å²) in [5, 5.41) is 7.27. The summed E-state index contributed by atoms with van der Waals surface area (Å²) in [6, 6.07) is 7.67. The lowest BCUT2D eigenvalue weighted by molar-refractivity contribution is 0.223. The van der Waals surface area contributed by atoms with Gasteiger partial charge in [0, 0.05) is 18.9 Å². The van der Waals surface area contributed by atoms with E-state index in [-0.39, 0.29) is 6.10 Å². The Labute approximate surface area is 132 Å². The highest BCUT2D eigenvalue weighted by Gasteiger charge is 2.20. The zero-order valence-electron chi connectivity index (χ0n) is 12.3. The number of para-hydroxylation sites is 1. The van der Waals surface area contributed by atoms with Crippen molar-refractivity contribution in [3.8, 4) is 28.7 Å². The summed E-state index contributed by atoms with van der Waals surface area (Å²) >= 11 is 0. The minimum atomic E-state index is 0.165. The summed E-state index contributed by atoms with van der Waals surface area (Å²) in [7, 11) is 0. The lowest BCUT2D eigenvalue weighted by Gasteiger charge is -2.14. The van der Waals surface area contributed by atoms with Crippen LogP contribution in [-0.2, 0) is 0 Å². The summed E-state index contributed by atoms with van der Waals surface area (Å²) in [5.41, 5.74) is 1.35. The number of hydrogen-bond donors (Lipinski definition) is 1. The molecule has 0 aliphatic carbocycles. The summed E-state index contributed by atoms with van der Waals surface area (Å²) in [5.74, 6) is 1.56. The van der Waals surface area contributed by atoms with Crippen molar-refractivity contribution in [2.45, 2.75) is 12.5 Å². The molecule has 1 saturated heterocycles. The highest BCUT2D eigenvalue weighted by molar-refractivity contribution is 5.64. The average molecular weight is 309 g/mol. The largest absolute Gasteiger partial charge is 0.488 e. The van der Waals surface area contributed by atoms with Gasteiger partial charge in [0.15, 0.2) is 0 Å². The molecule has 0 radical (unpaired) electrons. The normalized spacial score (nSPS) is 17.3. The average Bonchev–Trinajstić information content (AvgIpc) is 3.28. The third kappa shape index (κ3) is 2.91. The van der Waals surface area contributed by atoms with Crippen molar-refractivity contribution in [3.05, 3.63) is 42.9 Å². The standard InChI is InChI=1S/C16H15N5O2/c1-2-4-14(22-11-5-6-17-9-11)12(3-1)16-20-15(21-23-16)13-10-18-7-8-19-13/h1-4,7-8,10-11,17H,5-6,9H2. The Hall–Kier alpha value is -2.80. The number of ether oxygens (including phenoxy) is 1. The van der Waals surface area contributed by atoms with Gasteiger partial charge in [0.1, 0.15) is 17.5 Å². The van der Waals surface area contributed by atoms with Gasteiger partial charge in [-0.05, 0) is 25.1 Å². The Morgan fingerprint density at radius 2 is 2.17 bits per heavy atom. The fourth-order valence-electron chi connectivity index (χ4n) is 2.51. The molecule has 1 aromatic carbocycles. The molecule has 1 aliphatic rings. The molecule has 1 atom stereocenters. The first kappa shape index (κ1) is 13.8. The van der Waals surface area contributed by atoms with Gasteiger partial charge in [-0.1, -0.05) is 17.3 Å². The lowest BCUT2D eigenvalue weighted by Crippen LogP contribution is -2.19. The minimum Gasteiger partial charge on any atom is -0.488 e. The number of benzene rings is 1. The van der Waals surface area contributed by atoms with Crippen LogP contribution in [0.15, 0.2) is 47.4 Å². The van der Waals surface area contributed by atoms with Gasteiger partial charge in [-0.15, -0.1) is 0 Å². The zero-order chi connectivity index (χ0) is 15.5. The Balaban J connectivity index is 1.64. The number of nitrogens with zero attached hydrogens (tertiary/aromatic N) is 4. The monoisotopic (exact) mass is 309 g/mol. The molecule has 0 amide bonds. The molecule has 7 nitrogen and oxygen atoms in total. The van der Waals surface area contributed by atoms with Crippen molar-refractivity contribution < 1.29 is 9.26 Å². The smallest absolute Gasteiger partial charge is 0.262 e. The first-order valence-electron chi connectivity index (χ1n) is 7.47. The van der Waals surface area contributed by atoms with Gasteiger partial charge in [0.2, 0.25) is 5.82 Å². The zero-order valence-corrected chi connectivity index (χ0v) is 12.3. The Morgan fingerprint density at radius 1 is 1.22 bits per heavy atom. The highest BCUT2D eigenvalue weighted by atomic mass is 16.5. The molecule has 3 heterocycles. The topological polar surface area (TPSA) is 86.0 Å². The highest BCUT2D eigenvalue weighted by Crippen LogP contribution is 2.30. The van der Waals surface area contributed by atoms with Crippen LogP contribution in [0.1, 0.15) is 6.42 Å². The number of hydrogen-bond acceptors (Lipinski definition) is 7. The summed E-state index contributed by atoms with van der Waals surface area (Å²) < 4.78 is 11.4. The van der Waals surface area contributed by atoms with E-state index in [0.717, 1.165) is 30.8 Å². The molecule has 1 fully saturated rings. The summed E-state index contributed by atoms with van der Waals surface area (Å²) in [4.78, 5) is 12.6. The maximum atomic E-state index is 6.06. The first-order chi connectivity index (χ1) is 11.4. The van der Waals surface area contributed by atoms with Crippen LogP contribution in [0.25, 0.3) is 23.0 Å². The van der Waals surface area contributed by atoms with E-state index in [1.807, 2.05) is 24.3 Å². The molecule has 1 aliphatic heterocycles. The summed E-state index contributed by atoms with van der Waals surface area (Å²) in [6.45, 7) is 1.83. The van der Waals surface area contributed by atoms with Crippen LogP contribution < -0.4 is 10.1 Å². The first-order valence-corrected chi connectivity index (χ1v) is 7.47. The molecular weight excluding hydrogens is 294 g/mol. The van der Waals surface area contributed by atoms with Crippen LogP contribution in [0.3, 0.4) is 0 Å². The van der Waals surface area contributed by atoms with Crippen molar-refractivity contribution in [1.29, 1.82) is 0 Å².